The topological polar surface area (TPSA) is 38.4 Å². The molecule has 0 atom stereocenters. The first-order chi connectivity index (χ1) is 9.27. The molecule has 0 unspecified atom stereocenters. The van der Waals surface area contributed by atoms with Gasteiger partial charge in [0, 0.05) is 6.54 Å². The van der Waals surface area contributed by atoms with Crippen LogP contribution in [-0.4, -0.2) is 12.4 Å². The van der Waals surface area contributed by atoms with Crippen LogP contribution in [0.2, 0.25) is 0 Å². The lowest BCUT2D eigenvalue weighted by atomic mass is 10.0. The maximum Gasteiger partial charge on any atom is 0.0905 e. The molecule has 19 heavy (non-hydrogen) atoms. The highest BCUT2D eigenvalue weighted by molar-refractivity contribution is 5.77. The molecule has 2 nitrogen and oxygen atoms in total. The van der Waals surface area contributed by atoms with Crippen LogP contribution in [0.25, 0.3) is 0 Å². The standard InChI is InChI=1S/C17H36N2/c1-3-4-5-6-7-8-9-10-11-12-13-14-15-16-19-17(2)18/h3-16H2,1-2H3,(H2,18,19). The predicted octanol–water partition coefficient (Wildman–Crippen LogP) is 5.45. The van der Waals surface area contributed by atoms with Gasteiger partial charge in [-0.2, -0.15) is 0 Å². The van der Waals surface area contributed by atoms with Crippen LogP contribution < -0.4 is 5.73 Å². The average molecular weight is 268 g/mol. The fourth-order valence-corrected chi connectivity index (χ4v) is 2.38. The van der Waals surface area contributed by atoms with E-state index in [0.717, 1.165) is 12.4 Å². The number of hydrogen-bond acceptors (Lipinski definition) is 1. The summed E-state index contributed by atoms with van der Waals surface area (Å²) < 4.78 is 0. The maximum atomic E-state index is 5.49. The second kappa shape index (κ2) is 15.5. The van der Waals surface area contributed by atoms with E-state index >= 15 is 0 Å². The summed E-state index contributed by atoms with van der Waals surface area (Å²) in [4.78, 5) is 4.21. The number of nitrogens with two attached hydrogens (primary N) is 1. The van der Waals surface area contributed by atoms with Gasteiger partial charge in [-0.3, -0.25) is 4.99 Å². The summed E-state index contributed by atoms with van der Waals surface area (Å²) in [5.74, 6) is 0.721. The van der Waals surface area contributed by atoms with Crippen molar-refractivity contribution in [1.29, 1.82) is 0 Å². The van der Waals surface area contributed by atoms with Gasteiger partial charge in [0.15, 0.2) is 0 Å². The quantitative estimate of drug-likeness (QED) is 0.254. The molecule has 0 saturated carbocycles. The number of hydrogen-bond donors (Lipinski definition) is 1. The van der Waals surface area contributed by atoms with Crippen molar-refractivity contribution in [2.45, 2.75) is 97.3 Å². The van der Waals surface area contributed by atoms with E-state index in [1.54, 1.807) is 0 Å². The van der Waals surface area contributed by atoms with E-state index in [1.807, 2.05) is 6.92 Å². The van der Waals surface area contributed by atoms with E-state index < -0.39 is 0 Å². The molecular formula is C17H36N2. The zero-order valence-corrected chi connectivity index (χ0v) is 13.4. The summed E-state index contributed by atoms with van der Waals surface area (Å²) in [5.41, 5.74) is 5.49. The highest BCUT2D eigenvalue weighted by atomic mass is 14.8. The van der Waals surface area contributed by atoms with Crippen molar-refractivity contribution in [3.8, 4) is 0 Å². The van der Waals surface area contributed by atoms with Gasteiger partial charge < -0.3 is 5.73 Å². The summed E-state index contributed by atoms with van der Waals surface area (Å²) in [6, 6.07) is 0. The van der Waals surface area contributed by atoms with E-state index in [0.29, 0.717) is 0 Å². The molecule has 0 aliphatic rings. The molecule has 0 aromatic carbocycles. The average Bonchev–Trinajstić information content (AvgIpc) is 2.39. The number of rotatable bonds is 14. The van der Waals surface area contributed by atoms with Crippen LogP contribution in [-0.2, 0) is 0 Å². The minimum Gasteiger partial charge on any atom is -0.388 e. The summed E-state index contributed by atoms with van der Waals surface area (Å²) in [6.45, 7) is 5.06. The van der Waals surface area contributed by atoms with E-state index in [2.05, 4.69) is 11.9 Å². The van der Waals surface area contributed by atoms with Gasteiger partial charge in [0.25, 0.3) is 0 Å². The Hall–Kier alpha value is -0.530. The van der Waals surface area contributed by atoms with Crippen LogP contribution in [0.15, 0.2) is 4.99 Å². The summed E-state index contributed by atoms with van der Waals surface area (Å²) >= 11 is 0. The zero-order valence-electron chi connectivity index (χ0n) is 13.4. The Morgan fingerprint density at radius 2 is 1.05 bits per heavy atom. The molecule has 0 spiro atoms. The second-order valence-electron chi connectivity index (χ2n) is 5.77. The Morgan fingerprint density at radius 3 is 1.42 bits per heavy atom. The molecule has 0 bridgehead atoms. The summed E-state index contributed by atoms with van der Waals surface area (Å²) in [5, 5.41) is 0. The SMILES string of the molecule is CCCCCCCCCCCCCCCN=C(C)N. The first-order valence-corrected chi connectivity index (χ1v) is 8.54. The van der Waals surface area contributed by atoms with Gasteiger partial charge in [0.05, 0.1) is 5.84 Å². The van der Waals surface area contributed by atoms with Crippen molar-refractivity contribution in [2.24, 2.45) is 10.7 Å². The molecule has 0 aliphatic heterocycles. The summed E-state index contributed by atoms with van der Waals surface area (Å²) in [6.07, 6.45) is 18.2. The molecule has 0 heterocycles. The lowest BCUT2D eigenvalue weighted by Crippen LogP contribution is -2.05. The highest BCUT2D eigenvalue weighted by Crippen LogP contribution is 2.12. The Bertz CT molecular complexity index is 195. The lowest BCUT2D eigenvalue weighted by molar-refractivity contribution is 0.540. The third-order valence-electron chi connectivity index (χ3n) is 3.62. The minimum absolute atomic E-state index is 0.721. The van der Waals surface area contributed by atoms with Gasteiger partial charge >= 0.3 is 0 Å². The number of unbranched alkanes of at least 4 members (excludes halogenated alkanes) is 12. The van der Waals surface area contributed by atoms with Gasteiger partial charge in [-0.05, 0) is 13.3 Å². The van der Waals surface area contributed by atoms with Crippen LogP contribution in [0.4, 0.5) is 0 Å². The molecule has 0 aromatic heterocycles. The third kappa shape index (κ3) is 17.5. The van der Waals surface area contributed by atoms with Gasteiger partial charge in [-0.1, -0.05) is 84.0 Å². The Labute approximate surface area is 121 Å². The molecule has 2 heteroatoms. The molecule has 0 aromatic rings. The van der Waals surface area contributed by atoms with E-state index in [1.165, 1.54) is 83.5 Å². The van der Waals surface area contributed by atoms with Crippen molar-refractivity contribution >= 4 is 5.84 Å². The van der Waals surface area contributed by atoms with Crippen molar-refractivity contribution in [3.63, 3.8) is 0 Å². The smallest absolute Gasteiger partial charge is 0.0905 e. The predicted molar refractivity (Wildman–Crippen MR) is 87.9 cm³/mol. The number of aliphatic imine (C=N–C) groups is 1. The monoisotopic (exact) mass is 268 g/mol. The Morgan fingerprint density at radius 1 is 0.684 bits per heavy atom. The molecule has 0 fully saturated rings. The number of amidine groups is 1. The van der Waals surface area contributed by atoms with Crippen LogP contribution >= 0.6 is 0 Å². The molecule has 0 radical (unpaired) electrons. The third-order valence-corrected chi connectivity index (χ3v) is 3.62. The van der Waals surface area contributed by atoms with Gasteiger partial charge in [-0.25, -0.2) is 0 Å². The Balaban J connectivity index is 2.97. The summed E-state index contributed by atoms with van der Waals surface area (Å²) in [7, 11) is 0. The molecule has 114 valence electrons. The first-order valence-electron chi connectivity index (χ1n) is 8.54. The van der Waals surface area contributed by atoms with Crippen molar-refractivity contribution in [2.75, 3.05) is 6.54 Å². The van der Waals surface area contributed by atoms with Crippen molar-refractivity contribution in [3.05, 3.63) is 0 Å². The van der Waals surface area contributed by atoms with Gasteiger partial charge in [0.2, 0.25) is 0 Å². The normalized spacial score (nSPS) is 12.0. The minimum atomic E-state index is 0.721. The lowest BCUT2D eigenvalue weighted by Gasteiger charge is -2.02. The maximum absolute atomic E-state index is 5.49. The molecule has 0 aliphatic carbocycles. The van der Waals surface area contributed by atoms with Crippen LogP contribution in [0.1, 0.15) is 97.3 Å². The van der Waals surface area contributed by atoms with Gasteiger partial charge in [0.1, 0.15) is 0 Å². The largest absolute Gasteiger partial charge is 0.388 e. The van der Waals surface area contributed by atoms with Crippen LogP contribution in [0.3, 0.4) is 0 Å². The van der Waals surface area contributed by atoms with Crippen molar-refractivity contribution < 1.29 is 0 Å². The van der Waals surface area contributed by atoms with Crippen LogP contribution in [0.5, 0.6) is 0 Å². The van der Waals surface area contributed by atoms with Gasteiger partial charge in [-0.15, -0.1) is 0 Å². The fraction of sp³-hybridized carbons (Fsp3) is 0.941. The molecule has 0 rings (SSSR count). The molecule has 2 N–H and O–H groups in total. The van der Waals surface area contributed by atoms with E-state index in [9.17, 15) is 0 Å². The molecular weight excluding hydrogens is 232 g/mol. The molecule has 0 amide bonds. The number of nitrogens with zero attached hydrogens (tertiary/aromatic N) is 1. The van der Waals surface area contributed by atoms with Crippen LogP contribution in [0, 0.1) is 0 Å². The molecule has 0 saturated heterocycles. The van der Waals surface area contributed by atoms with E-state index in [4.69, 9.17) is 5.73 Å². The van der Waals surface area contributed by atoms with E-state index in [-0.39, 0.29) is 0 Å². The Kier molecular flexibility index (Phi) is 15.1. The first kappa shape index (κ1) is 18.5. The second-order valence-corrected chi connectivity index (χ2v) is 5.77. The highest BCUT2D eigenvalue weighted by Gasteiger charge is 1.93. The zero-order chi connectivity index (χ0) is 14.2. The van der Waals surface area contributed by atoms with Crippen molar-refractivity contribution in [1.82, 2.24) is 0 Å². The fourth-order valence-electron chi connectivity index (χ4n) is 2.38.